The van der Waals surface area contributed by atoms with E-state index in [0.29, 0.717) is 5.92 Å². The molecule has 0 aromatic heterocycles. The lowest BCUT2D eigenvalue weighted by molar-refractivity contribution is -0.135. The maximum Gasteiger partial charge on any atom is 0.240 e. The van der Waals surface area contributed by atoms with Crippen LogP contribution in [0.2, 0.25) is 0 Å². The lowest BCUT2D eigenvalue weighted by Crippen LogP contribution is -2.51. The molecule has 0 bridgehead atoms. The third-order valence-electron chi connectivity index (χ3n) is 4.99. The normalized spacial score (nSPS) is 20.1. The van der Waals surface area contributed by atoms with Crippen LogP contribution in [0.1, 0.15) is 39.7 Å². The van der Waals surface area contributed by atoms with Gasteiger partial charge in [-0.15, -0.1) is 0 Å². The molecule has 1 aliphatic heterocycles. The van der Waals surface area contributed by atoms with Gasteiger partial charge in [0.1, 0.15) is 0 Å². The van der Waals surface area contributed by atoms with Crippen molar-refractivity contribution in [3.63, 3.8) is 0 Å². The Balaban J connectivity index is 1.87. The highest BCUT2D eigenvalue weighted by Crippen LogP contribution is 2.23. The molecule has 0 saturated carbocycles. The molecule has 0 aliphatic carbocycles. The van der Waals surface area contributed by atoms with Gasteiger partial charge in [-0.1, -0.05) is 51.1 Å². The zero-order valence-electron chi connectivity index (χ0n) is 15.7. The summed E-state index contributed by atoms with van der Waals surface area (Å²) in [5, 5.41) is 0. The van der Waals surface area contributed by atoms with Crippen LogP contribution < -0.4 is 5.73 Å². The molecule has 1 amide bonds. The lowest BCUT2D eigenvalue weighted by atomic mass is 9.86. The van der Waals surface area contributed by atoms with Crippen molar-refractivity contribution in [1.29, 1.82) is 0 Å². The summed E-state index contributed by atoms with van der Waals surface area (Å²) in [5.41, 5.74) is 7.34. The standard InChI is InChI=1S/C20H33N3O/c1-5-23(19(24)18(21)20(2,3)4)15-17-11-12-22(14-17)13-16-9-7-6-8-10-16/h6-10,17-18H,5,11-15,21H2,1-4H3/t17?,18-/m1/s1. The molecule has 134 valence electrons. The Bertz CT molecular complexity index is 523. The predicted octanol–water partition coefficient (Wildman–Crippen LogP) is 2.73. The Morgan fingerprint density at radius 2 is 2.00 bits per heavy atom. The third kappa shape index (κ3) is 5.05. The van der Waals surface area contributed by atoms with Gasteiger partial charge < -0.3 is 10.6 Å². The number of nitrogens with zero attached hydrogens (tertiary/aromatic N) is 2. The van der Waals surface area contributed by atoms with Crippen LogP contribution in [0.3, 0.4) is 0 Å². The van der Waals surface area contributed by atoms with Gasteiger partial charge in [-0.05, 0) is 36.8 Å². The predicted molar refractivity (Wildman–Crippen MR) is 99.5 cm³/mol. The number of likely N-dealkylation sites (tertiary alicyclic amines) is 1. The summed E-state index contributed by atoms with van der Waals surface area (Å²) in [7, 11) is 0. The number of amides is 1. The van der Waals surface area contributed by atoms with Gasteiger partial charge in [0.2, 0.25) is 5.91 Å². The summed E-state index contributed by atoms with van der Waals surface area (Å²) in [4.78, 5) is 17.1. The van der Waals surface area contributed by atoms with E-state index in [1.54, 1.807) is 0 Å². The van der Waals surface area contributed by atoms with Gasteiger partial charge in [-0.3, -0.25) is 9.69 Å². The largest absolute Gasteiger partial charge is 0.341 e. The van der Waals surface area contributed by atoms with Gasteiger partial charge in [0.05, 0.1) is 6.04 Å². The van der Waals surface area contributed by atoms with Crippen molar-refractivity contribution in [2.75, 3.05) is 26.2 Å². The minimum absolute atomic E-state index is 0.0894. The monoisotopic (exact) mass is 331 g/mol. The summed E-state index contributed by atoms with van der Waals surface area (Å²) >= 11 is 0. The first-order chi connectivity index (χ1) is 11.3. The highest BCUT2D eigenvalue weighted by atomic mass is 16.2. The molecule has 2 rings (SSSR count). The summed E-state index contributed by atoms with van der Waals surface area (Å²) < 4.78 is 0. The van der Waals surface area contributed by atoms with Gasteiger partial charge in [0, 0.05) is 26.2 Å². The van der Waals surface area contributed by atoms with E-state index < -0.39 is 6.04 Å². The van der Waals surface area contributed by atoms with E-state index in [9.17, 15) is 4.79 Å². The Hall–Kier alpha value is -1.39. The fourth-order valence-corrected chi connectivity index (χ4v) is 3.30. The number of hydrogen-bond acceptors (Lipinski definition) is 3. The zero-order chi connectivity index (χ0) is 17.7. The first kappa shape index (κ1) is 18.9. The average Bonchev–Trinajstić information content (AvgIpc) is 2.98. The van der Waals surface area contributed by atoms with Crippen LogP contribution >= 0.6 is 0 Å². The molecule has 1 unspecified atom stereocenters. The van der Waals surface area contributed by atoms with E-state index in [4.69, 9.17) is 5.73 Å². The smallest absolute Gasteiger partial charge is 0.240 e. The Morgan fingerprint density at radius 3 is 2.58 bits per heavy atom. The number of rotatable bonds is 6. The first-order valence-corrected chi connectivity index (χ1v) is 9.12. The van der Waals surface area contributed by atoms with Crippen LogP contribution in [-0.4, -0.2) is 47.9 Å². The Morgan fingerprint density at radius 1 is 1.33 bits per heavy atom. The molecule has 1 heterocycles. The zero-order valence-corrected chi connectivity index (χ0v) is 15.7. The SMILES string of the molecule is CCN(CC1CCN(Cc2ccccc2)C1)C(=O)[C@@H](N)C(C)(C)C. The number of carbonyl (C=O) groups is 1. The van der Waals surface area contributed by atoms with Crippen LogP contribution in [0.25, 0.3) is 0 Å². The lowest BCUT2D eigenvalue weighted by Gasteiger charge is -2.32. The molecular weight excluding hydrogens is 298 g/mol. The fraction of sp³-hybridized carbons (Fsp3) is 0.650. The van der Waals surface area contributed by atoms with E-state index in [2.05, 4.69) is 35.2 Å². The fourth-order valence-electron chi connectivity index (χ4n) is 3.30. The van der Waals surface area contributed by atoms with Crippen molar-refractivity contribution in [3.8, 4) is 0 Å². The molecule has 2 atom stereocenters. The first-order valence-electron chi connectivity index (χ1n) is 9.12. The van der Waals surface area contributed by atoms with E-state index in [1.807, 2.05) is 32.6 Å². The molecule has 0 radical (unpaired) electrons. The molecule has 4 nitrogen and oxygen atoms in total. The van der Waals surface area contributed by atoms with E-state index in [1.165, 1.54) is 5.56 Å². The Labute approximate surface area is 147 Å². The summed E-state index contributed by atoms with van der Waals surface area (Å²) in [6.45, 7) is 12.9. The molecule has 1 aromatic carbocycles. The highest BCUT2D eigenvalue weighted by molar-refractivity contribution is 5.82. The van der Waals surface area contributed by atoms with Crippen LogP contribution in [0.4, 0.5) is 0 Å². The summed E-state index contributed by atoms with van der Waals surface area (Å²) in [6.07, 6.45) is 1.15. The average molecular weight is 332 g/mol. The van der Waals surface area contributed by atoms with Crippen LogP contribution in [0.15, 0.2) is 30.3 Å². The van der Waals surface area contributed by atoms with Crippen molar-refractivity contribution < 1.29 is 4.79 Å². The van der Waals surface area contributed by atoms with E-state index in [0.717, 1.165) is 39.1 Å². The second-order valence-electron chi connectivity index (χ2n) is 8.10. The van der Waals surface area contributed by atoms with Gasteiger partial charge in [0.25, 0.3) is 0 Å². The molecule has 2 N–H and O–H groups in total. The number of benzene rings is 1. The molecule has 1 fully saturated rings. The van der Waals surface area contributed by atoms with Gasteiger partial charge in [-0.2, -0.15) is 0 Å². The van der Waals surface area contributed by atoms with Crippen LogP contribution in [0.5, 0.6) is 0 Å². The number of nitrogens with two attached hydrogens (primary N) is 1. The van der Waals surface area contributed by atoms with Crippen LogP contribution in [-0.2, 0) is 11.3 Å². The quantitative estimate of drug-likeness (QED) is 0.872. The molecular formula is C20H33N3O. The highest BCUT2D eigenvalue weighted by Gasteiger charge is 2.32. The van der Waals surface area contributed by atoms with Gasteiger partial charge in [0.15, 0.2) is 0 Å². The maximum absolute atomic E-state index is 12.7. The molecule has 1 saturated heterocycles. The van der Waals surface area contributed by atoms with Crippen molar-refractivity contribution in [1.82, 2.24) is 9.80 Å². The maximum atomic E-state index is 12.7. The van der Waals surface area contributed by atoms with Crippen molar-refractivity contribution in [2.24, 2.45) is 17.1 Å². The third-order valence-corrected chi connectivity index (χ3v) is 4.99. The summed E-state index contributed by atoms with van der Waals surface area (Å²) in [5.74, 6) is 0.635. The van der Waals surface area contributed by atoms with E-state index >= 15 is 0 Å². The molecule has 1 aromatic rings. The van der Waals surface area contributed by atoms with Gasteiger partial charge >= 0.3 is 0 Å². The second-order valence-corrected chi connectivity index (χ2v) is 8.10. The topological polar surface area (TPSA) is 49.6 Å². The van der Waals surface area contributed by atoms with Crippen molar-refractivity contribution in [3.05, 3.63) is 35.9 Å². The van der Waals surface area contributed by atoms with Crippen LogP contribution in [0, 0.1) is 11.3 Å². The number of likely N-dealkylation sites (N-methyl/N-ethyl adjacent to an activating group) is 1. The Kier molecular flexibility index (Phi) is 6.41. The number of carbonyl (C=O) groups excluding carboxylic acids is 1. The van der Waals surface area contributed by atoms with Crippen molar-refractivity contribution >= 4 is 5.91 Å². The minimum atomic E-state index is -0.431. The molecule has 4 heteroatoms. The number of hydrogen-bond donors (Lipinski definition) is 1. The molecule has 0 spiro atoms. The minimum Gasteiger partial charge on any atom is -0.341 e. The molecule has 24 heavy (non-hydrogen) atoms. The van der Waals surface area contributed by atoms with Gasteiger partial charge in [-0.25, -0.2) is 0 Å². The second kappa shape index (κ2) is 8.13. The summed E-state index contributed by atoms with van der Waals surface area (Å²) in [6, 6.07) is 10.2. The van der Waals surface area contributed by atoms with E-state index in [-0.39, 0.29) is 11.3 Å². The van der Waals surface area contributed by atoms with Crippen molar-refractivity contribution in [2.45, 2.75) is 46.7 Å². The molecule has 1 aliphatic rings.